The molecular weight excluding hydrogens is 288 g/mol. The number of hydrogen-bond donors (Lipinski definition) is 2. The van der Waals surface area contributed by atoms with Crippen molar-refractivity contribution in [3.63, 3.8) is 0 Å². The zero-order valence-corrected chi connectivity index (χ0v) is 12.1. The van der Waals surface area contributed by atoms with Crippen molar-refractivity contribution in [2.75, 3.05) is 11.2 Å². The van der Waals surface area contributed by atoms with Crippen LogP contribution >= 0.6 is 11.6 Å². The van der Waals surface area contributed by atoms with Gasteiger partial charge in [-0.25, -0.2) is 0 Å². The second-order valence-electron chi connectivity index (χ2n) is 4.89. The molecule has 106 valence electrons. The Kier molecular flexibility index (Phi) is 3.39. The molecule has 0 saturated carbocycles. The summed E-state index contributed by atoms with van der Waals surface area (Å²) in [6.45, 7) is 1.87. The van der Waals surface area contributed by atoms with Gasteiger partial charge in [0.2, 0.25) is 5.91 Å². The molecule has 1 amide bonds. The van der Waals surface area contributed by atoms with E-state index in [2.05, 4.69) is 10.3 Å². The number of alkyl halides is 1. The van der Waals surface area contributed by atoms with Crippen LogP contribution < -0.4 is 10.9 Å². The number of carbonyl (C=O) groups is 1. The van der Waals surface area contributed by atoms with Gasteiger partial charge in [-0.1, -0.05) is 18.2 Å². The third-order valence-corrected chi connectivity index (χ3v) is 3.71. The first-order chi connectivity index (χ1) is 10.1. The van der Waals surface area contributed by atoms with Crippen LogP contribution in [0.1, 0.15) is 5.56 Å². The average molecular weight is 301 g/mol. The van der Waals surface area contributed by atoms with E-state index in [0.717, 1.165) is 21.9 Å². The molecule has 0 radical (unpaired) electrons. The Bertz CT molecular complexity index is 915. The highest BCUT2D eigenvalue weighted by atomic mass is 35.5. The lowest BCUT2D eigenvalue weighted by atomic mass is 10.0. The van der Waals surface area contributed by atoms with Crippen LogP contribution in [0.4, 0.5) is 5.69 Å². The first-order valence-corrected chi connectivity index (χ1v) is 7.05. The first-order valence-electron chi connectivity index (χ1n) is 6.51. The zero-order valence-electron chi connectivity index (χ0n) is 11.4. The van der Waals surface area contributed by atoms with Crippen LogP contribution in [0.5, 0.6) is 0 Å². The lowest BCUT2D eigenvalue weighted by Crippen LogP contribution is -2.14. The number of rotatable bonds is 2. The molecule has 0 spiro atoms. The fraction of sp³-hybridized carbons (Fsp3) is 0.125. The lowest BCUT2D eigenvalue weighted by molar-refractivity contribution is -0.113. The van der Waals surface area contributed by atoms with Crippen LogP contribution in [0.2, 0.25) is 0 Å². The Morgan fingerprint density at radius 1 is 1.19 bits per heavy atom. The number of benzene rings is 2. The number of pyridine rings is 1. The summed E-state index contributed by atoms with van der Waals surface area (Å²) in [6, 6.07) is 11.1. The second-order valence-corrected chi connectivity index (χ2v) is 5.16. The molecule has 0 aliphatic heterocycles. The van der Waals surface area contributed by atoms with Gasteiger partial charge in [0.25, 0.3) is 5.56 Å². The number of carbonyl (C=O) groups excluding carboxylic acids is 1. The molecule has 0 bridgehead atoms. The van der Waals surface area contributed by atoms with E-state index in [1.807, 2.05) is 37.3 Å². The number of nitrogens with one attached hydrogen (secondary N) is 2. The minimum atomic E-state index is -0.257. The van der Waals surface area contributed by atoms with Crippen LogP contribution in [0, 0.1) is 6.92 Å². The fourth-order valence-corrected chi connectivity index (χ4v) is 2.52. The van der Waals surface area contributed by atoms with Gasteiger partial charge in [-0.15, -0.1) is 11.6 Å². The van der Waals surface area contributed by atoms with Crippen molar-refractivity contribution in [1.82, 2.24) is 4.98 Å². The minimum absolute atomic E-state index is 0.0934. The molecule has 0 aliphatic rings. The largest absolute Gasteiger partial charge is 0.325 e. The fourth-order valence-electron chi connectivity index (χ4n) is 2.46. The summed E-state index contributed by atoms with van der Waals surface area (Å²) in [4.78, 5) is 26.4. The predicted octanol–water partition coefficient (Wildman–Crippen LogP) is 3.17. The number of hydrogen-bond acceptors (Lipinski definition) is 2. The number of halogens is 1. The van der Waals surface area contributed by atoms with Gasteiger partial charge in [-0.2, -0.15) is 0 Å². The summed E-state index contributed by atoms with van der Waals surface area (Å²) < 4.78 is 0. The van der Waals surface area contributed by atoms with Gasteiger partial charge in [0.05, 0.1) is 0 Å². The normalized spacial score (nSPS) is 11.0. The number of aromatic amines is 1. The Hall–Kier alpha value is -2.33. The van der Waals surface area contributed by atoms with Gasteiger partial charge in [-0.05, 0) is 36.1 Å². The minimum Gasteiger partial charge on any atom is -0.325 e. The van der Waals surface area contributed by atoms with E-state index in [4.69, 9.17) is 11.6 Å². The molecule has 21 heavy (non-hydrogen) atoms. The molecule has 0 atom stereocenters. The number of amides is 1. The SMILES string of the molecule is Cc1cc2[nH]c(=O)c3ccccc3c2cc1NC(=O)CCl. The Labute approximate surface area is 125 Å². The van der Waals surface area contributed by atoms with Gasteiger partial charge in [0.1, 0.15) is 5.88 Å². The van der Waals surface area contributed by atoms with Crippen LogP contribution in [0.15, 0.2) is 41.2 Å². The van der Waals surface area contributed by atoms with Gasteiger partial charge < -0.3 is 10.3 Å². The molecule has 0 fully saturated rings. The van der Waals surface area contributed by atoms with Crippen molar-refractivity contribution in [2.45, 2.75) is 6.92 Å². The lowest BCUT2D eigenvalue weighted by Gasteiger charge is -2.10. The van der Waals surface area contributed by atoms with E-state index in [9.17, 15) is 9.59 Å². The smallest absolute Gasteiger partial charge is 0.256 e. The van der Waals surface area contributed by atoms with Gasteiger partial charge >= 0.3 is 0 Å². The summed E-state index contributed by atoms with van der Waals surface area (Å²) in [7, 11) is 0. The second kappa shape index (κ2) is 5.22. The summed E-state index contributed by atoms with van der Waals surface area (Å²) in [6.07, 6.45) is 0. The third-order valence-electron chi connectivity index (χ3n) is 3.47. The first kappa shape index (κ1) is 13.6. The van der Waals surface area contributed by atoms with E-state index in [1.165, 1.54) is 0 Å². The summed E-state index contributed by atoms with van der Waals surface area (Å²) in [5.41, 5.74) is 2.20. The van der Waals surface area contributed by atoms with Crippen LogP contribution in [0.25, 0.3) is 21.7 Å². The number of aryl methyl sites for hydroxylation is 1. The maximum absolute atomic E-state index is 12.1. The molecule has 3 rings (SSSR count). The van der Waals surface area contributed by atoms with Gasteiger partial charge in [0.15, 0.2) is 0 Å². The Balaban J connectivity index is 2.33. The van der Waals surface area contributed by atoms with E-state index in [1.54, 1.807) is 6.07 Å². The predicted molar refractivity (Wildman–Crippen MR) is 86.2 cm³/mol. The maximum atomic E-state index is 12.1. The van der Waals surface area contributed by atoms with Crippen molar-refractivity contribution in [2.24, 2.45) is 0 Å². The van der Waals surface area contributed by atoms with E-state index >= 15 is 0 Å². The van der Waals surface area contributed by atoms with E-state index in [-0.39, 0.29) is 17.3 Å². The zero-order chi connectivity index (χ0) is 15.0. The molecule has 1 aromatic heterocycles. The van der Waals surface area contributed by atoms with Crippen molar-refractivity contribution >= 4 is 44.9 Å². The molecule has 2 aromatic carbocycles. The summed E-state index contributed by atoms with van der Waals surface area (Å²) >= 11 is 5.53. The monoisotopic (exact) mass is 300 g/mol. The van der Waals surface area contributed by atoms with Crippen LogP contribution in [0.3, 0.4) is 0 Å². The topological polar surface area (TPSA) is 62.0 Å². The number of aromatic nitrogens is 1. The van der Waals surface area contributed by atoms with Crippen LogP contribution in [-0.2, 0) is 4.79 Å². The van der Waals surface area contributed by atoms with Crippen molar-refractivity contribution in [3.05, 3.63) is 52.3 Å². The van der Waals surface area contributed by atoms with Crippen LogP contribution in [-0.4, -0.2) is 16.8 Å². The third kappa shape index (κ3) is 2.38. The average Bonchev–Trinajstić information content (AvgIpc) is 2.49. The number of H-pyrrole nitrogens is 1. The van der Waals surface area contributed by atoms with Crippen molar-refractivity contribution in [3.8, 4) is 0 Å². The summed E-state index contributed by atoms with van der Waals surface area (Å²) in [5.74, 6) is -0.350. The molecule has 5 heteroatoms. The highest BCUT2D eigenvalue weighted by molar-refractivity contribution is 6.29. The number of fused-ring (bicyclic) bond motifs is 3. The quantitative estimate of drug-likeness (QED) is 0.564. The number of anilines is 1. The Morgan fingerprint density at radius 2 is 1.90 bits per heavy atom. The van der Waals surface area contributed by atoms with E-state index < -0.39 is 0 Å². The highest BCUT2D eigenvalue weighted by Gasteiger charge is 2.09. The maximum Gasteiger partial charge on any atom is 0.256 e. The molecule has 2 N–H and O–H groups in total. The van der Waals surface area contributed by atoms with Crippen molar-refractivity contribution < 1.29 is 4.79 Å². The molecule has 0 saturated heterocycles. The molecule has 0 aliphatic carbocycles. The molecular formula is C16H13ClN2O2. The van der Waals surface area contributed by atoms with Gasteiger partial charge in [0, 0.05) is 22.0 Å². The standard InChI is InChI=1S/C16H13ClN2O2/c1-9-6-14-12(7-13(9)18-15(20)8-17)10-4-2-3-5-11(10)16(21)19-14/h2-7H,8H2,1H3,(H,18,20)(H,19,21). The molecule has 1 heterocycles. The summed E-state index contributed by atoms with van der Waals surface area (Å²) in [5, 5.41) is 5.15. The molecule has 4 nitrogen and oxygen atoms in total. The van der Waals surface area contributed by atoms with Gasteiger partial charge in [-0.3, -0.25) is 9.59 Å². The van der Waals surface area contributed by atoms with Crippen molar-refractivity contribution in [1.29, 1.82) is 0 Å². The highest BCUT2D eigenvalue weighted by Crippen LogP contribution is 2.27. The van der Waals surface area contributed by atoms with E-state index in [0.29, 0.717) is 11.1 Å². The molecule has 3 aromatic rings. The molecule has 0 unspecified atom stereocenters. The Morgan fingerprint density at radius 3 is 2.62 bits per heavy atom.